The van der Waals surface area contributed by atoms with E-state index in [9.17, 15) is 9.59 Å². The molecular formula is C28H31ClN2O4. The van der Waals surface area contributed by atoms with Gasteiger partial charge in [0, 0.05) is 12.5 Å². The molecule has 0 heterocycles. The van der Waals surface area contributed by atoms with E-state index in [0.29, 0.717) is 25.8 Å². The zero-order valence-corrected chi connectivity index (χ0v) is 20.3. The maximum atomic E-state index is 12.2. The highest BCUT2D eigenvalue weighted by Gasteiger charge is 2.28. The topological polar surface area (TPSA) is 90.6 Å². The quantitative estimate of drug-likeness (QED) is 0.299. The molecule has 0 spiro atoms. The van der Waals surface area contributed by atoms with Gasteiger partial charge in [0.05, 0.1) is 0 Å². The maximum Gasteiger partial charge on any atom is 0.407 e. The molecule has 0 bridgehead atoms. The van der Waals surface area contributed by atoms with Crippen LogP contribution in [0.15, 0.2) is 78.9 Å². The number of benzene rings is 3. The largest absolute Gasteiger partial charge is 0.460 e. The Labute approximate surface area is 212 Å². The summed E-state index contributed by atoms with van der Waals surface area (Å²) in [5.74, 6) is -0.369. The summed E-state index contributed by atoms with van der Waals surface area (Å²) in [4.78, 5) is 24.3. The number of nitrogens with two attached hydrogens (primary N) is 1. The Morgan fingerprint density at radius 1 is 0.829 bits per heavy atom. The van der Waals surface area contributed by atoms with Crippen molar-refractivity contribution in [2.24, 2.45) is 5.73 Å². The lowest BCUT2D eigenvalue weighted by Crippen LogP contribution is -2.32. The molecule has 3 aromatic carbocycles. The first-order valence-corrected chi connectivity index (χ1v) is 11.7. The molecular weight excluding hydrogens is 464 g/mol. The zero-order valence-electron chi connectivity index (χ0n) is 19.5. The highest BCUT2D eigenvalue weighted by molar-refractivity contribution is 5.85. The first-order chi connectivity index (χ1) is 16.6. The Morgan fingerprint density at radius 2 is 1.43 bits per heavy atom. The summed E-state index contributed by atoms with van der Waals surface area (Å²) in [5.41, 5.74) is 11.6. The van der Waals surface area contributed by atoms with E-state index >= 15 is 0 Å². The van der Waals surface area contributed by atoms with E-state index in [-0.39, 0.29) is 31.5 Å². The van der Waals surface area contributed by atoms with Gasteiger partial charge in [-0.15, -0.1) is 12.4 Å². The van der Waals surface area contributed by atoms with Gasteiger partial charge in [-0.1, -0.05) is 78.9 Å². The van der Waals surface area contributed by atoms with E-state index in [2.05, 4.69) is 29.6 Å². The Morgan fingerprint density at radius 3 is 2.09 bits per heavy atom. The van der Waals surface area contributed by atoms with Gasteiger partial charge in [0.2, 0.25) is 0 Å². The van der Waals surface area contributed by atoms with Crippen LogP contribution in [-0.4, -0.2) is 31.3 Å². The number of alkyl carbamates (subject to hydrolysis) is 1. The second-order valence-electron chi connectivity index (χ2n) is 8.45. The van der Waals surface area contributed by atoms with Crippen molar-refractivity contribution in [3.8, 4) is 11.1 Å². The first-order valence-electron chi connectivity index (χ1n) is 11.7. The summed E-state index contributed by atoms with van der Waals surface area (Å²) in [6.07, 6.45) is 1.46. The summed E-state index contributed by atoms with van der Waals surface area (Å²) in [5, 5.41) is 2.79. The molecule has 0 saturated heterocycles. The number of carbonyl (C=O) groups excluding carboxylic acids is 2. The van der Waals surface area contributed by atoms with Crippen LogP contribution in [0.4, 0.5) is 4.79 Å². The standard InChI is InChI=1S/C28H30N2O4.ClH/c29-26(27(31)33-18-20-10-2-1-3-11-20)16-8-9-17-30-28(32)34-19-25-23-14-6-4-12-21(23)22-13-5-7-15-24(22)25;/h1-7,10-15,25-26H,8-9,16-19,29H2,(H,30,32);1H/t26-;/m1./s1. The van der Waals surface area contributed by atoms with Crippen LogP contribution in [0, 0.1) is 0 Å². The number of fused-ring (bicyclic) bond motifs is 3. The lowest BCUT2D eigenvalue weighted by molar-refractivity contribution is -0.146. The molecule has 1 aliphatic carbocycles. The van der Waals surface area contributed by atoms with Crippen molar-refractivity contribution in [3.05, 3.63) is 95.6 Å². The number of unbranched alkanes of at least 4 members (excludes halogenated alkanes) is 1. The summed E-state index contributed by atoms with van der Waals surface area (Å²) >= 11 is 0. The van der Waals surface area contributed by atoms with Gasteiger partial charge in [-0.2, -0.15) is 0 Å². The average Bonchev–Trinajstić information content (AvgIpc) is 3.20. The molecule has 0 unspecified atom stereocenters. The molecule has 1 amide bonds. The van der Waals surface area contributed by atoms with Crippen LogP contribution in [0.25, 0.3) is 11.1 Å². The highest BCUT2D eigenvalue weighted by Crippen LogP contribution is 2.44. The minimum absolute atomic E-state index is 0. The van der Waals surface area contributed by atoms with E-state index in [1.807, 2.05) is 54.6 Å². The van der Waals surface area contributed by atoms with Crippen LogP contribution in [-0.2, 0) is 20.9 Å². The monoisotopic (exact) mass is 494 g/mol. The van der Waals surface area contributed by atoms with Crippen molar-refractivity contribution in [1.29, 1.82) is 0 Å². The second-order valence-corrected chi connectivity index (χ2v) is 8.45. The number of ether oxygens (including phenoxy) is 2. The maximum absolute atomic E-state index is 12.2. The van der Waals surface area contributed by atoms with Gasteiger partial charge in [-0.05, 0) is 47.1 Å². The second kappa shape index (κ2) is 12.9. The predicted molar refractivity (Wildman–Crippen MR) is 138 cm³/mol. The third-order valence-corrected chi connectivity index (χ3v) is 6.08. The third-order valence-electron chi connectivity index (χ3n) is 6.08. The number of halogens is 1. The summed E-state index contributed by atoms with van der Waals surface area (Å²) in [7, 11) is 0. The molecule has 0 aliphatic heterocycles. The van der Waals surface area contributed by atoms with Crippen LogP contribution in [0.5, 0.6) is 0 Å². The van der Waals surface area contributed by atoms with E-state index < -0.39 is 18.1 Å². The third kappa shape index (κ3) is 6.84. The molecule has 3 N–H and O–H groups in total. The van der Waals surface area contributed by atoms with E-state index in [1.54, 1.807) is 0 Å². The number of rotatable bonds is 10. The smallest absolute Gasteiger partial charge is 0.407 e. The molecule has 4 rings (SSSR count). The molecule has 3 aromatic rings. The lowest BCUT2D eigenvalue weighted by atomic mass is 9.98. The van der Waals surface area contributed by atoms with Gasteiger partial charge in [0.1, 0.15) is 19.3 Å². The van der Waals surface area contributed by atoms with Crippen LogP contribution in [0.2, 0.25) is 0 Å². The van der Waals surface area contributed by atoms with Crippen molar-refractivity contribution in [3.63, 3.8) is 0 Å². The van der Waals surface area contributed by atoms with Gasteiger partial charge < -0.3 is 20.5 Å². The zero-order chi connectivity index (χ0) is 23.8. The van der Waals surface area contributed by atoms with Gasteiger partial charge in [0.15, 0.2) is 0 Å². The summed E-state index contributed by atoms with van der Waals surface area (Å²) in [6.45, 7) is 0.969. The molecule has 184 valence electrons. The van der Waals surface area contributed by atoms with Crippen LogP contribution in [0.1, 0.15) is 41.9 Å². The number of esters is 1. The molecule has 6 nitrogen and oxygen atoms in total. The Hall–Kier alpha value is -3.35. The molecule has 0 saturated carbocycles. The highest BCUT2D eigenvalue weighted by atomic mass is 35.5. The van der Waals surface area contributed by atoms with Crippen molar-refractivity contribution in [2.45, 2.75) is 37.8 Å². The van der Waals surface area contributed by atoms with Gasteiger partial charge in [-0.3, -0.25) is 4.79 Å². The number of nitrogens with one attached hydrogen (secondary N) is 1. The van der Waals surface area contributed by atoms with Gasteiger partial charge in [0.25, 0.3) is 0 Å². The number of hydrogen-bond acceptors (Lipinski definition) is 5. The predicted octanol–water partition coefficient (Wildman–Crippen LogP) is 5.19. The normalized spacial score (nSPS) is 12.6. The fourth-order valence-electron chi connectivity index (χ4n) is 4.28. The summed E-state index contributed by atoms with van der Waals surface area (Å²) in [6, 6.07) is 25.3. The van der Waals surface area contributed by atoms with E-state index in [0.717, 1.165) is 5.56 Å². The summed E-state index contributed by atoms with van der Waals surface area (Å²) < 4.78 is 10.8. The van der Waals surface area contributed by atoms with Crippen molar-refractivity contribution >= 4 is 24.5 Å². The van der Waals surface area contributed by atoms with E-state index in [4.69, 9.17) is 15.2 Å². The first kappa shape index (κ1) is 26.3. The Kier molecular flexibility index (Phi) is 9.70. The SMILES string of the molecule is Cl.N[C@H](CCCCNC(=O)OCC1c2ccccc2-c2ccccc21)C(=O)OCc1ccccc1. The van der Waals surface area contributed by atoms with Crippen LogP contribution >= 0.6 is 12.4 Å². The average molecular weight is 495 g/mol. The minimum Gasteiger partial charge on any atom is -0.460 e. The van der Waals surface area contributed by atoms with Crippen molar-refractivity contribution in [2.75, 3.05) is 13.2 Å². The number of hydrogen-bond donors (Lipinski definition) is 2. The number of amides is 1. The van der Waals surface area contributed by atoms with Crippen LogP contribution in [0.3, 0.4) is 0 Å². The molecule has 0 radical (unpaired) electrons. The molecule has 7 heteroatoms. The molecule has 35 heavy (non-hydrogen) atoms. The van der Waals surface area contributed by atoms with Gasteiger partial charge >= 0.3 is 12.1 Å². The minimum atomic E-state index is -0.668. The van der Waals surface area contributed by atoms with Crippen molar-refractivity contribution in [1.82, 2.24) is 5.32 Å². The van der Waals surface area contributed by atoms with Crippen molar-refractivity contribution < 1.29 is 19.1 Å². The molecule has 0 fully saturated rings. The van der Waals surface area contributed by atoms with Crippen LogP contribution < -0.4 is 11.1 Å². The molecule has 0 aromatic heterocycles. The Bertz CT molecular complexity index is 1080. The lowest BCUT2D eigenvalue weighted by Gasteiger charge is -2.15. The molecule has 1 aliphatic rings. The molecule has 1 atom stereocenters. The fourth-order valence-corrected chi connectivity index (χ4v) is 4.28. The number of carbonyl (C=O) groups is 2. The van der Waals surface area contributed by atoms with E-state index in [1.165, 1.54) is 22.3 Å². The fraction of sp³-hybridized carbons (Fsp3) is 0.286. The van der Waals surface area contributed by atoms with Gasteiger partial charge in [-0.25, -0.2) is 4.79 Å². The Balaban J connectivity index is 0.00000342.